The van der Waals surface area contributed by atoms with Crippen LogP contribution in [0.5, 0.6) is 0 Å². The van der Waals surface area contributed by atoms with Gasteiger partial charge in [-0.3, -0.25) is 4.98 Å². The summed E-state index contributed by atoms with van der Waals surface area (Å²) in [5.74, 6) is 1.04. The van der Waals surface area contributed by atoms with Crippen molar-refractivity contribution in [1.29, 1.82) is 5.26 Å². The van der Waals surface area contributed by atoms with Gasteiger partial charge in [-0.2, -0.15) is 5.26 Å². The topological polar surface area (TPSA) is 73.1 Å². The minimum atomic E-state index is 0.164. The molecule has 5 nitrogen and oxygen atoms in total. The Kier molecular flexibility index (Phi) is 4.30. The monoisotopic (exact) mass is 291 g/mol. The first-order valence-corrected chi connectivity index (χ1v) is 7.32. The van der Waals surface area contributed by atoms with Crippen LogP contribution in [0.4, 0.5) is 5.69 Å². The fourth-order valence-corrected chi connectivity index (χ4v) is 2.43. The van der Waals surface area contributed by atoms with E-state index in [4.69, 9.17) is 5.26 Å². The van der Waals surface area contributed by atoms with E-state index < -0.39 is 0 Å². The molecular weight excluding hydrogens is 274 g/mol. The molecule has 1 aliphatic carbocycles. The second-order valence-corrected chi connectivity index (χ2v) is 5.30. The number of aromatic nitrogens is 1. The zero-order chi connectivity index (χ0) is 15.2. The van der Waals surface area contributed by atoms with Crippen LogP contribution in [0.15, 0.2) is 59.9 Å². The maximum atomic E-state index is 8.92. The smallest absolute Gasteiger partial charge is 0.212 e. The third-order valence-corrected chi connectivity index (χ3v) is 3.63. The highest BCUT2D eigenvalue weighted by Crippen LogP contribution is 2.40. The Labute approximate surface area is 129 Å². The highest BCUT2D eigenvalue weighted by Gasteiger charge is 2.33. The van der Waals surface area contributed by atoms with Gasteiger partial charge in [-0.05, 0) is 36.5 Å². The second kappa shape index (κ2) is 6.72. The van der Waals surface area contributed by atoms with Crippen LogP contribution in [-0.2, 0) is 0 Å². The van der Waals surface area contributed by atoms with Gasteiger partial charge in [0.1, 0.15) is 0 Å². The number of guanidine groups is 1. The molecule has 2 N–H and O–H groups in total. The summed E-state index contributed by atoms with van der Waals surface area (Å²) in [6, 6.07) is 14.2. The number of nitrogens with zero attached hydrogens (tertiary/aromatic N) is 3. The summed E-state index contributed by atoms with van der Waals surface area (Å²) >= 11 is 0. The zero-order valence-electron chi connectivity index (χ0n) is 12.1. The van der Waals surface area contributed by atoms with Crippen molar-refractivity contribution >= 4 is 11.6 Å². The van der Waals surface area contributed by atoms with Crippen LogP contribution in [0.25, 0.3) is 0 Å². The van der Waals surface area contributed by atoms with Gasteiger partial charge in [-0.1, -0.05) is 30.3 Å². The van der Waals surface area contributed by atoms with E-state index in [-0.39, 0.29) is 6.04 Å². The maximum Gasteiger partial charge on any atom is 0.212 e. The lowest BCUT2D eigenvalue weighted by molar-refractivity contribution is 0.570. The fraction of sp³-hybridized carbons (Fsp3) is 0.235. The summed E-state index contributed by atoms with van der Waals surface area (Å²) in [6.07, 6.45) is 7.64. The van der Waals surface area contributed by atoms with Gasteiger partial charge in [-0.25, -0.2) is 0 Å². The van der Waals surface area contributed by atoms with Crippen molar-refractivity contribution in [2.45, 2.75) is 18.9 Å². The summed E-state index contributed by atoms with van der Waals surface area (Å²) in [5, 5.41) is 15.4. The number of benzene rings is 1. The Morgan fingerprint density at radius 3 is 2.68 bits per heavy atom. The van der Waals surface area contributed by atoms with E-state index in [2.05, 4.69) is 32.7 Å². The molecule has 0 spiro atoms. The lowest BCUT2D eigenvalue weighted by Crippen LogP contribution is -2.35. The average molecular weight is 291 g/mol. The Bertz CT molecular complexity index is 671. The van der Waals surface area contributed by atoms with Gasteiger partial charge in [0.25, 0.3) is 0 Å². The van der Waals surface area contributed by atoms with Crippen molar-refractivity contribution in [2.75, 3.05) is 5.32 Å². The third kappa shape index (κ3) is 3.61. The molecule has 1 aromatic heterocycles. The van der Waals surface area contributed by atoms with Crippen molar-refractivity contribution in [2.24, 2.45) is 10.9 Å². The lowest BCUT2D eigenvalue weighted by atomic mass is 10.0. The Hall–Kier alpha value is -2.87. The normalized spacial score (nSPS) is 15.7. The highest BCUT2D eigenvalue weighted by molar-refractivity contribution is 5.94. The van der Waals surface area contributed by atoms with E-state index >= 15 is 0 Å². The predicted octanol–water partition coefficient (Wildman–Crippen LogP) is 3.07. The number of hydrogen-bond acceptors (Lipinski definition) is 3. The standard InChI is InChI=1S/C17H17N5/c18-12-20-17(21-15-7-4-10-19-11-15)22-16(14-8-9-14)13-5-2-1-3-6-13/h1-7,10-11,14,16H,8-9H2,(H2,20,21,22). The maximum absolute atomic E-state index is 8.92. The first-order chi connectivity index (χ1) is 10.9. The van der Waals surface area contributed by atoms with Crippen LogP contribution in [-0.4, -0.2) is 10.9 Å². The van der Waals surface area contributed by atoms with Crippen LogP contribution < -0.4 is 10.6 Å². The number of anilines is 1. The van der Waals surface area contributed by atoms with Crippen molar-refractivity contribution in [3.8, 4) is 6.19 Å². The molecule has 110 valence electrons. The molecule has 0 amide bonds. The molecule has 1 aliphatic rings. The minimum Gasteiger partial charge on any atom is -0.348 e. The summed E-state index contributed by atoms with van der Waals surface area (Å²) in [4.78, 5) is 7.92. The molecule has 0 aliphatic heterocycles. The lowest BCUT2D eigenvalue weighted by Gasteiger charge is -2.21. The van der Waals surface area contributed by atoms with E-state index in [1.54, 1.807) is 12.4 Å². The SMILES string of the molecule is N#C/N=C(\Nc1cccnc1)NC(c1ccccc1)C1CC1. The van der Waals surface area contributed by atoms with E-state index in [1.807, 2.05) is 36.5 Å². The average Bonchev–Trinajstić information content (AvgIpc) is 3.39. The van der Waals surface area contributed by atoms with Crippen LogP contribution in [0.3, 0.4) is 0 Å². The molecule has 1 atom stereocenters. The molecule has 0 saturated heterocycles. The second-order valence-electron chi connectivity index (χ2n) is 5.30. The number of nitriles is 1. The number of nitrogens with one attached hydrogen (secondary N) is 2. The molecular formula is C17H17N5. The van der Waals surface area contributed by atoms with Crippen LogP contribution in [0.1, 0.15) is 24.4 Å². The van der Waals surface area contributed by atoms with Crippen molar-refractivity contribution in [1.82, 2.24) is 10.3 Å². The molecule has 1 fully saturated rings. The fourth-order valence-electron chi connectivity index (χ4n) is 2.43. The quantitative estimate of drug-likeness (QED) is 0.516. The number of pyridine rings is 1. The molecule has 1 saturated carbocycles. The number of aliphatic imine (C=N–C) groups is 1. The first kappa shape index (κ1) is 14.1. The van der Waals surface area contributed by atoms with Gasteiger partial charge < -0.3 is 10.6 Å². The Balaban J connectivity index is 1.77. The van der Waals surface area contributed by atoms with E-state index in [0.29, 0.717) is 11.9 Å². The third-order valence-electron chi connectivity index (χ3n) is 3.63. The van der Waals surface area contributed by atoms with E-state index in [0.717, 1.165) is 5.69 Å². The summed E-state index contributed by atoms with van der Waals surface area (Å²) < 4.78 is 0. The molecule has 1 aromatic carbocycles. The molecule has 0 radical (unpaired) electrons. The van der Waals surface area contributed by atoms with Gasteiger partial charge in [0.05, 0.1) is 17.9 Å². The van der Waals surface area contributed by atoms with Gasteiger partial charge in [0.15, 0.2) is 0 Å². The minimum absolute atomic E-state index is 0.164. The highest BCUT2D eigenvalue weighted by atomic mass is 15.2. The molecule has 3 rings (SSSR count). The van der Waals surface area contributed by atoms with Crippen molar-refractivity contribution < 1.29 is 0 Å². The molecule has 2 aromatic rings. The Morgan fingerprint density at radius 2 is 2.05 bits per heavy atom. The molecule has 1 unspecified atom stereocenters. The van der Waals surface area contributed by atoms with Crippen LogP contribution >= 0.6 is 0 Å². The van der Waals surface area contributed by atoms with Crippen molar-refractivity contribution in [3.05, 3.63) is 60.4 Å². The summed E-state index contributed by atoms with van der Waals surface area (Å²) in [5.41, 5.74) is 2.01. The molecule has 0 bridgehead atoms. The number of hydrogen-bond donors (Lipinski definition) is 2. The van der Waals surface area contributed by atoms with Crippen molar-refractivity contribution in [3.63, 3.8) is 0 Å². The van der Waals surface area contributed by atoms with Gasteiger partial charge >= 0.3 is 0 Å². The van der Waals surface area contributed by atoms with E-state index in [1.165, 1.54) is 18.4 Å². The van der Waals surface area contributed by atoms with Crippen LogP contribution in [0.2, 0.25) is 0 Å². The molecule has 5 heteroatoms. The van der Waals surface area contributed by atoms with Gasteiger partial charge in [0, 0.05) is 6.20 Å². The largest absolute Gasteiger partial charge is 0.348 e. The Morgan fingerprint density at radius 1 is 1.23 bits per heavy atom. The predicted molar refractivity (Wildman–Crippen MR) is 86.0 cm³/mol. The summed E-state index contributed by atoms with van der Waals surface area (Å²) in [6.45, 7) is 0. The summed E-state index contributed by atoms with van der Waals surface area (Å²) in [7, 11) is 0. The molecule has 22 heavy (non-hydrogen) atoms. The first-order valence-electron chi connectivity index (χ1n) is 7.32. The van der Waals surface area contributed by atoms with Crippen LogP contribution in [0, 0.1) is 17.4 Å². The van der Waals surface area contributed by atoms with Gasteiger partial charge in [0.2, 0.25) is 12.2 Å². The zero-order valence-corrected chi connectivity index (χ0v) is 12.1. The molecule has 1 heterocycles. The number of rotatable bonds is 4. The van der Waals surface area contributed by atoms with Gasteiger partial charge in [-0.15, -0.1) is 4.99 Å². The van der Waals surface area contributed by atoms with E-state index in [9.17, 15) is 0 Å².